The monoisotopic (exact) mass is 761 g/mol. The van der Waals surface area contributed by atoms with Crippen LogP contribution in [-0.4, -0.2) is 43.8 Å². The van der Waals surface area contributed by atoms with Gasteiger partial charge >= 0.3 is 0 Å². The Morgan fingerprint density at radius 2 is 1.49 bits per heavy atom. The first-order valence-corrected chi connectivity index (χ1v) is 16.7. The minimum absolute atomic E-state index is 0.127. The minimum atomic E-state index is -0.432. The molecule has 0 spiro atoms. The Hall–Kier alpha value is -2.17. The molecule has 1 aliphatic heterocycles. The largest absolute Gasteiger partial charge is 0.493 e. The summed E-state index contributed by atoms with van der Waals surface area (Å²) in [6.45, 7) is 10.4. The fraction of sp³-hybridized carbons (Fsp3) is 0.486. The number of rotatable bonds is 9. The maximum atomic E-state index is 14.1. The van der Waals surface area contributed by atoms with E-state index in [1.165, 1.54) is 0 Å². The quantitative estimate of drug-likeness (QED) is 0.189. The fourth-order valence-electron chi connectivity index (χ4n) is 6.80. The molecule has 2 aliphatic carbocycles. The highest BCUT2D eigenvalue weighted by atomic mass is 127. The van der Waals surface area contributed by atoms with Gasteiger partial charge in [-0.1, -0.05) is 55.8 Å². The third-order valence-electron chi connectivity index (χ3n) is 8.63. The zero-order valence-electron chi connectivity index (χ0n) is 25.9. The highest BCUT2D eigenvalue weighted by molar-refractivity contribution is 14.1. The van der Waals surface area contributed by atoms with Crippen molar-refractivity contribution in [3.05, 3.63) is 78.1 Å². The van der Waals surface area contributed by atoms with E-state index >= 15 is 0 Å². The molecule has 8 heteroatoms. The second kappa shape index (κ2) is 12.7. The van der Waals surface area contributed by atoms with Crippen LogP contribution >= 0.6 is 38.5 Å². The van der Waals surface area contributed by atoms with Gasteiger partial charge in [-0.25, -0.2) is 0 Å². The third-order valence-corrected chi connectivity index (χ3v) is 9.96. The van der Waals surface area contributed by atoms with E-state index in [9.17, 15) is 9.59 Å². The van der Waals surface area contributed by atoms with Crippen molar-refractivity contribution >= 4 is 50.1 Å². The topological polar surface area (TPSA) is 65.1 Å². The molecule has 0 amide bonds. The first kappa shape index (κ1) is 32.2. The number of hydrogen-bond donors (Lipinski definition) is 0. The Morgan fingerprint density at radius 3 is 2.02 bits per heavy atom. The number of halogens is 2. The number of benzene rings is 2. The number of carbonyl (C=O) groups is 2. The Bertz CT molecular complexity index is 1440. The van der Waals surface area contributed by atoms with Crippen LogP contribution in [0.15, 0.2) is 63.4 Å². The van der Waals surface area contributed by atoms with E-state index in [2.05, 4.69) is 77.2 Å². The summed E-state index contributed by atoms with van der Waals surface area (Å²) in [6, 6.07) is 12.1. The lowest BCUT2D eigenvalue weighted by atomic mass is 9.63. The second-order valence-corrected chi connectivity index (χ2v) is 15.6. The fourth-order valence-corrected chi connectivity index (χ4v) is 7.85. The van der Waals surface area contributed by atoms with E-state index < -0.39 is 5.92 Å². The number of nitrogens with zero attached hydrogens (tertiary/aromatic N) is 1. The van der Waals surface area contributed by atoms with Crippen molar-refractivity contribution in [2.24, 2.45) is 10.8 Å². The maximum Gasteiger partial charge on any atom is 0.174 e. The molecule has 2 aromatic carbocycles. The molecule has 0 N–H and O–H groups in total. The number of ketones is 2. The first-order chi connectivity index (χ1) is 20.3. The summed E-state index contributed by atoms with van der Waals surface area (Å²) in [4.78, 5) is 30.5. The summed E-state index contributed by atoms with van der Waals surface area (Å²) in [5.41, 5.74) is 5.28. The molecular weight excluding hydrogens is 721 g/mol. The molecule has 43 heavy (non-hydrogen) atoms. The molecule has 0 unspecified atom stereocenters. The van der Waals surface area contributed by atoms with Crippen LogP contribution in [0, 0.1) is 14.4 Å². The molecule has 2 aromatic rings. The summed E-state index contributed by atoms with van der Waals surface area (Å²) in [7, 11) is 3.35. The Balaban J connectivity index is 1.64. The van der Waals surface area contributed by atoms with Crippen molar-refractivity contribution in [3.8, 4) is 11.5 Å². The van der Waals surface area contributed by atoms with Gasteiger partial charge in [0.25, 0.3) is 0 Å². The Morgan fingerprint density at radius 1 is 0.907 bits per heavy atom. The maximum absolute atomic E-state index is 14.1. The standard InChI is InChI=1S/C35H41BrINO5/c1-34(2)16-25-31(27(39)18-34)30(32-26(38(25)12-7-13-41-5)17-35(3,4)19-28(32)40)22-14-24(37)33(29(15-22)42-6)43-20-21-8-10-23(36)11-9-21/h8-11,14-15,30H,7,12-13,16-20H2,1-6H3. The van der Waals surface area contributed by atoms with Gasteiger partial charge in [-0.05, 0) is 88.1 Å². The van der Waals surface area contributed by atoms with E-state index in [1.807, 2.05) is 30.3 Å². The number of Topliss-reactive ketones (excluding diaryl/α,β-unsaturated/α-hetero) is 2. The smallest absolute Gasteiger partial charge is 0.174 e. The summed E-state index contributed by atoms with van der Waals surface area (Å²) in [5, 5.41) is 0. The van der Waals surface area contributed by atoms with E-state index in [4.69, 9.17) is 14.2 Å². The molecule has 1 heterocycles. The highest BCUT2D eigenvalue weighted by Crippen LogP contribution is 2.55. The second-order valence-electron chi connectivity index (χ2n) is 13.5. The van der Waals surface area contributed by atoms with Gasteiger partial charge in [0.1, 0.15) is 6.61 Å². The van der Waals surface area contributed by atoms with Crippen molar-refractivity contribution in [3.63, 3.8) is 0 Å². The van der Waals surface area contributed by atoms with E-state index in [0.717, 1.165) is 61.0 Å². The zero-order chi connectivity index (χ0) is 31.1. The van der Waals surface area contributed by atoms with Crippen LogP contribution in [0.3, 0.4) is 0 Å². The lowest BCUT2D eigenvalue weighted by molar-refractivity contribution is -0.119. The van der Waals surface area contributed by atoms with Crippen LogP contribution in [0.1, 0.15) is 76.8 Å². The molecule has 230 valence electrons. The molecule has 0 saturated heterocycles. The van der Waals surface area contributed by atoms with Crippen molar-refractivity contribution < 1.29 is 23.8 Å². The van der Waals surface area contributed by atoms with Crippen LogP contribution in [0.25, 0.3) is 0 Å². The van der Waals surface area contributed by atoms with Crippen molar-refractivity contribution in [2.75, 3.05) is 27.4 Å². The summed E-state index contributed by atoms with van der Waals surface area (Å²) >= 11 is 5.77. The average Bonchev–Trinajstić information content (AvgIpc) is 2.92. The van der Waals surface area contributed by atoms with Gasteiger partial charge in [-0.3, -0.25) is 9.59 Å². The van der Waals surface area contributed by atoms with Gasteiger partial charge in [0.15, 0.2) is 23.1 Å². The van der Waals surface area contributed by atoms with Crippen LogP contribution in [0.5, 0.6) is 11.5 Å². The highest BCUT2D eigenvalue weighted by Gasteiger charge is 2.49. The van der Waals surface area contributed by atoms with Crippen molar-refractivity contribution in [1.29, 1.82) is 0 Å². The number of ether oxygens (including phenoxy) is 3. The van der Waals surface area contributed by atoms with Crippen LogP contribution in [-0.2, 0) is 20.9 Å². The molecule has 0 fully saturated rings. The molecular formula is C35H41BrINO5. The lowest BCUT2D eigenvalue weighted by Crippen LogP contribution is -2.44. The Labute approximate surface area is 277 Å². The molecule has 0 atom stereocenters. The van der Waals surface area contributed by atoms with Gasteiger partial charge in [0.05, 0.1) is 10.7 Å². The molecule has 0 saturated carbocycles. The normalized spacial score (nSPS) is 19.9. The molecule has 0 radical (unpaired) electrons. The average molecular weight is 763 g/mol. The Kier molecular flexibility index (Phi) is 9.50. The van der Waals surface area contributed by atoms with Crippen LogP contribution in [0.2, 0.25) is 0 Å². The minimum Gasteiger partial charge on any atom is -0.493 e. The van der Waals surface area contributed by atoms with Gasteiger partial charge in [-0.2, -0.15) is 0 Å². The van der Waals surface area contributed by atoms with Gasteiger partial charge in [0.2, 0.25) is 0 Å². The molecule has 0 aromatic heterocycles. The van der Waals surface area contributed by atoms with Crippen LogP contribution in [0.4, 0.5) is 0 Å². The molecule has 6 nitrogen and oxygen atoms in total. The molecule has 0 bridgehead atoms. The number of hydrogen-bond acceptors (Lipinski definition) is 6. The first-order valence-electron chi connectivity index (χ1n) is 14.9. The third kappa shape index (κ3) is 6.76. The molecule has 5 rings (SSSR count). The van der Waals surface area contributed by atoms with Crippen molar-refractivity contribution in [2.45, 2.75) is 72.3 Å². The van der Waals surface area contributed by atoms with E-state index in [1.54, 1.807) is 14.2 Å². The van der Waals surface area contributed by atoms with Gasteiger partial charge in [-0.15, -0.1) is 0 Å². The summed E-state index contributed by atoms with van der Waals surface area (Å²) in [6.07, 6.45) is 3.30. The predicted molar refractivity (Wildman–Crippen MR) is 180 cm³/mol. The summed E-state index contributed by atoms with van der Waals surface area (Å²) in [5.74, 6) is 1.07. The van der Waals surface area contributed by atoms with Crippen molar-refractivity contribution in [1.82, 2.24) is 4.90 Å². The van der Waals surface area contributed by atoms with Gasteiger partial charge in [0, 0.05) is 66.0 Å². The lowest BCUT2D eigenvalue weighted by Gasteiger charge is -2.49. The predicted octanol–water partition coefficient (Wildman–Crippen LogP) is 8.36. The van der Waals surface area contributed by atoms with E-state index in [-0.39, 0.29) is 22.4 Å². The molecule has 3 aliphatic rings. The number of methoxy groups -OCH3 is 2. The van der Waals surface area contributed by atoms with Crippen LogP contribution < -0.4 is 9.47 Å². The van der Waals surface area contributed by atoms with Gasteiger partial charge < -0.3 is 19.1 Å². The summed E-state index contributed by atoms with van der Waals surface area (Å²) < 4.78 is 19.5. The zero-order valence-corrected chi connectivity index (χ0v) is 29.7. The van der Waals surface area contributed by atoms with E-state index in [0.29, 0.717) is 44.1 Å². The SMILES string of the molecule is COCCCN1C2=C(C(=O)CC(C)(C)C2)C(c2cc(I)c(OCc3ccc(Br)cc3)c(OC)c2)C2=C1CC(C)(C)CC2=O. The number of allylic oxidation sites excluding steroid dienone is 4. The number of carbonyl (C=O) groups excluding carboxylic acids is 2.